The van der Waals surface area contributed by atoms with Gasteiger partial charge in [0.25, 0.3) is 0 Å². The first-order valence-corrected chi connectivity index (χ1v) is 7.13. The molecular formula is C14H21ClN2O2. The topological polar surface area (TPSA) is 43.4 Å². The van der Waals surface area contributed by atoms with Gasteiger partial charge in [0.15, 0.2) is 0 Å². The number of rotatable bonds is 6. The van der Waals surface area contributed by atoms with Crippen LogP contribution in [0, 0.1) is 5.92 Å². The highest BCUT2D eigenvalue weighted by molar-refractivity contribution is 6.31. The Balaban J connectivity index is 1.93. The first-order chi connectivity index (χ1) is 9.15. The van der Waals surface area contributed by atoms with Crippen molar-refractivity contribution in [2.24, 2.45) is 5.92 Å². The van der Waals surface area contributed by atoms with E-state index in [-0.39, 0.29) is 6.10 Å². The summed E-state index contributed by atoms with van der Waals surface area (Å²) in [5, 5.41) is 4.01. The average Bonchev–Trinajstić information content (AvgIpc) is 2.85. The summed E-state index contributed by atoms with van der Waals surface area (Å²) in [6.07, 6.45) is 1.04. The highest BCUT2D eigenvalue weighted by Crippen LogP contribution is 2.20. The lowest BCUT2D eigenvalue weighted by molar-refractivity contribution is 0.138. The molecule has 1 atom stereocenters. The van der Waals surface area contributed by atoms with Gasteiger partial charge in [0.2, 0.25) is 5.88 Å². The highest BCUT2D eigenvalue weighted by atomic mass is 35.5. The number of halogens is 1. The summed E-state index contributed by atoms with van der Waals surface area (Å²) in [7, 11) is 0. The van der Waals surface area contributed by atoms with Gasteiger partial charge >= 0.3 is 0 Å². The Morgan fingerprint density at radius 1 is 1.53 bits per heavy atom. The molecule has 2 heterocycles. The van der Waals surface area contributed by atoms with Gasteiger partial charge in [-0.2, -0.15) is 0 Å². The van der Waals surface area contributed by atoms with Gasteiger partial charge in [-0.1, -0.05) is 25.4 Å². The monoisotopic (exact) mass is 284 g/mol. The van der Waals surface area contributed by atoms with Crippen LogP contribution >= 0.6 is 11.6 Å². The number of aromatic nitrogens is 1. The predicted molar refractivity (Wildman–Crippen MR) is 75.6 cm³/mol. The predicted octanol–water partition coefficient (Wildman–Crippen LogP) is 2.65. The van der Waals surface area contributed by atoms with E-state index in [0.29, 0.717) is 30.0 Å². The van der Waals surface area contributed by atoms with Crippen molar-refractivity contribution in [3.05, 3.63) is 22.8 Å². The van der Waals surface area contributed by atoms with Crippen molar-refractivity contribution in [2.45, 2.75) is 32.9 Å². The lowest BCUT2D eigenvalue weighted by Crippen LogP contribution is -2.21. The third-order valence-corrected chi connectivity index (χ3v) is 3.26. The lowest BCUT2D eigenvalue weighted by atomic mass is 10.2. The van der Waals surface area contributed by atoms with Gasteiger partial charge in [-0.3, -0.25) is 0 Å². The van der Waals surface area contributed by atoms with Crippen LogP contribution in [0.2, 0.25) is 5.02 Å². The number of nitrogens with zero attached hydrogens (tertiary/aromatic N) is 1. The number of ether oxygens (including phenoxy) is 2. The number of nitrogens with one attached hydrogen (secondary N) is 1. The molecule has 0 aliphatic carbocycles. The second-order valence-corrected chi connectivity index (χ2v) is 5.61. The standard InChI is InChI=1S/C14H21ClN2O2/c1-10(2)7-16-8-13-12(15)3-4-14(17-13)19-11-5-6-18-9-11/h3-4,10-11,16H,5-9H2,1-2H3. The zero-order chi connectivity index (χ0) is 13.7. The molecule has 1 unspecified atom stereocenters. The Bertz CT molecular complexity index is 406. The molecule has 1 aliphatic rings. The number of pyridine rings is 1. The molecule has 1 aromatic rings. The fourth-order valence-corrected chi connectivity index (χ4v) is 2.08. The van der Waals surface area contributed by atoms with Crippen LogP contribution in [0.15, 0.2) is 12.1 Å². The molecular weight excluding hydrogens is 264 g/mol. The maximum atomic E-state index is 6.15. The second-order valence-electron chi connectivity index (χ2n) is 5.21. The largest absolute Gasteiger partial charge is 0.472 e. The maximum absolute atomic E-state index is 6.15. The summed E-state index contributed by atoms with van der Waals surface area (Å²) >= 11 is 6.15. The Morgan fingerprint density at radius 3 is 3.05 bits per heavy atom. The van der Waals surface area contributed by atoms with E-state index >= 15 is 0 Å². The van der Waals surface area contributed by atoms with E-state index in [1.54, 1.807) is 0 Å². The second kappa shape index (κ2) is 7.08. The average molecular weight is 285 g/mol. The van der Waals surface area contributed by atoms with Gasteiger partial charge in [-0.15, -0.1) is 0 Å². The zero-order valence-electron chi connectivity index (χ0n) is 11.5. The summed E-state index contributed by atoms with van der Waals surface area (Å²) in [5.74, 6) is 1.23. The van der Waals surface area contributed by atoms with Crippen molar-refractivity contribution in [3.63, 3.8) is 0 Å². The van der Waals surface area contributed by atoms with Gasteiger partial charge in [0.1, 0.15) is 6.10 Å². The molecule has 0 aromatic carbocycles. The Labute approximate surface area is 119 Å². The molecule has 1 aromatic heterocycles. The van der Waals surface area contributed by atoms with Crippen LogP contribution in [0.1, 0.15) is 26.0 Å². The van der Waals surface area contributed by atoms with E-state index in [9.17, 15) is 0 Å². The van der Waals surface area contributed by atoms with Gasteiger partial charge in [0, 0.05) is 19.0 Å². The smallest absolute Gasteiger partial charge is 0.213 e. The zero-order valence-corrected chi connectivity index (χ0v) is 12.2. The van der Waals surface area contributed by atoms with Crippen molar-refractivity contribution < 1.29 is 9.47 Å². The summed E-state index contributed by atoms with van der Waals surface area (Å²) < 4.78 is 11.1. The Hall–Kier alpha value is -0.840. The molecule has 0 saturated carbocycles. The molecule has 1 fully saturated rings. The summed E-state index contributed by atoms with van der Waals surface area (Å²) in [6.45, 7) is 7.35. The van der Waals surface area contributed by atoms with Crippen molar-refractivity contribution in [1.29, 1.82) is 0 Å². The lowest BCUT2D eigenvalue weighted by Gasteiger charge is -2.13. The normalized spacial score (nSPS) is 19.1. The van der Waals surface area contributed by atoms with Gasteiger partial charge in [-0.25, -0.2) is 4.98 Å². The van der Waals surface area contributed by atoms with E-state index in [2.05, 4.69) is 24.1 Å². The molecule has 1 N–H and O–H groups in total. The third kappa shape index (κ3) is 4.64. The molecule has 1 saturated heterocycles. The van der Waals surface area contributed by atoms with Crippen LogP contribution in [0.4, 0.5) is 0 Å². The SMILES string of the molecule is CC(C)CNCc1nc(OC2CCOC2)ccc1Cl. The minimum atomic E-state index is 0.116. The molecule has 0 amide bonds. The van der Waals surface area contributed by atoms with Crippen molar-refractivity contribution in [3.8, 4) is 5.88 Å². The van der Waals surface area contributed by atoms with Crippen LogP contribution in [-0.4, -0.2) is 30.8 Å². The van der Waals surface area contributed by atoms with Crippen molar-refractivity contribution in [2.75, 3.05) is 19.8 Å². The molecule has 19 heavy (non-hydrogen) atoms. The summed E-state index contributed by atoms with van der Waals surface area (Å²) in [6, 6.07) is 3.65. The summed E-state index contributed by atoms with van der Waals surface area (Å²) in [4.78, 5) is 4.46. The first kappa shape index (κ1) is 14.6. The van der Waals surface area contributed by atoms with Crippen molar-refractivity contribution in [1.82, 2.24) is 10.3 Å². The van der Waals surface area contributed by atoms with Gasteiger partial charge in [-0.05, 0) is 18.5 Å². The van der Waals surface area contributed by atoms with E-state index in [4.69, 9.17) is 21.1 Å². The molecule has 0 spiro atoms. The first-order valence-electron chi connectivity index (χ1n) is 6.75. The van der Waals surface area contributed by atoms with E-state index in [0.717, 1.165) is 25.3 Å². The molecule has 106 valence electrons. The highest BCUT2D eigenvalue weighted by Gasteiger charge is 2.18. The molecule has 4 nitrogen and oxygen atoms in total. The summed E-state index contributed by atoms with van der Waals surface area (Å²) in [5.41, 5.74) is 0.832. The molecule has 0 bridgehead atoms. The number of hydrogen-bond acceptors (Lipinski definition) is 4. The molecule has 1 aliphatic heterocycles. The molecule has 0 radical (unpaired) electrons. The van der Waals surface area contributed by atoms with E-state index in [1.165, 1.54) is 0 Å². The van der Waals surface area contributed by atoms with Crippen LogP contribution < -0.4 is 10.1 Å². The molecule has 5 heteroatoms. The van der Waals surface area contributed by atoms with Gasteiger partial charge in [0.05, 0.1) is 23.9 Å². The van der Waals surface area contributed by atoms with Crippen LogP contribution in [0.25, 0.3) is 0 Å². The Kier molecular flexibility index (Phi) is 5.43. The maximum Gasteiger partial charge on any atom is 0.213 e. The molecule has 2 rings (SSSR count). The van der Waals surface area contributed by atoms with Crippen LogP contribution in [0.3, 0.4) is 0 Å². The fraction of sp³-hybridized carbons (Fsp3) is 0.643. The minimum absolute atomic E-state index is 0.116. The number of hydrogen-bond donors (Lipinski definition) is 1. The van der Waals surface area contributed by atoms with Crippen LogP contribution in [-0.2, 0) is 11.3 Å². The fourth-order valence-electron chi connectivity index (χ4n) is 1.91. The van der Waals surface area contributed by atoms with Crippen LogP contribution in [0.5, 0.6) is 5.88 Å². The van der Waals surface area contributed by atoms with Crippen molar-refractivity contribution >= 4 is 11.6 Å². The minimum Gasteiger partial charge on any atom is -0.472 e. The Morgan fingerprint density at radius 2 is 2.37 bits per heavy atom. The van der Waals surface area contributed by atoms with E-state index in [1.807, 2.05) is 12.1 Å². The quantitative estimate of drug-likeness (QED) is 0.872. The van der Waals surface area contributed by atoms with Gasteiger partial charge < -0.3 is 14.8 Å². The third-order valence-electron chi connectivity index (χ3n) is 2.91. The van der Waals surface area contributed by atoms with E-state index < -0.39 is 0 Å².